The van der Waals surface area contributed by atoms with E-state index in [-0.39, 0.29) is 5.97 Å². The highest BCUT2D eigenvalue weighted by Crippen LogP contribution is 1.70. The first-order valence-corrected chi connectivity index (χ1v) is 3.42. The molecule has 0 aliphatic rings. The molecule has 0 aromatic carbocycles. The van der Waals surface area contributed by atoms with E-state index in [2.05, 4.69) is 29.8 Å². The summed E-state index contributed by atoms with van der Waals surface area (Å²) in [6.07, 6.45) is 4.52. The van der Waals surface area contributed by atoms with Gasteiger partial charge in [-0.05, 0) is 6.20 Å². The molecule has 0 aliphatic carbocycles. The lowest BCUT2D eigenvalue weighted by molar-refractivity contribution is -0.135. The topological polar surface area (TPSA) is 38.3 Å². The second kappa shape index (κ2) is 12.2. The molecule has 0 saturated heterocycles. The largest absolute Gasteiger partial charge is 0.435 e. The normalized spacial score (nSPS) is 6.75. The highest BCUT2D eigenvalue weighted by molar-refractivity contribution is 5.66. The molecule has 0 aromatic rings. The van der Waals surface area contributed by atoms with Gasteiger partial charge in [0, 0.05) is 13.5 Å². The average molecular weight is 169 g/mol. The third kappa shape index (κ3) is 23.6. The molecule has 68 valence electrons. The van der Waals surface area contributed by atoms with Gasteiger partial charge in [-0.3, -0.25) is 4.79 Å². The van der Waals surface area contributed by atoms with Crippen LogP contribution in [0.2, 0.25) is 0 Å². The summed E-state index contributed by atoms with van der Waals surface area (Å²) in [6, 6.07) is 0. The molecule has 1 N–H and O–H groups in total. The van der Waals surface area contributed by atoms with Gasteiger partial charge in [-0.25, -0.2) is 0 Å². The second-order valence-corrected chi connectivity index (χ2v) is 1.68. The summed E-state index contributed by atoms with van der Waals surface area (Å²) in [5.41, 5.74) is 0. The molecule has 3 nitrogen and oxygen atoms in total. The molecule has 3 heteroatoms. The van der Waals surface area contributed by atoms with Gasteiger partial charge in [0.15, 0.2) is 0 Å². The van der Waals surface area contributed by atoms with Crippen molar-refractivity contribution in [3.8, 4) is 0 Å². The molecule has 12 heavy (non-hydrogen) atoms. The van der Waals surface area contributed by atoms with E-state index in [1.165, 1.54) is 6.92 Å². The maximum atomic E-state index is 9.75. The Hall–Kier alpha value is -1.51. The smallest absolute Gasteiger partial charge is 0.307 e. The van der Waals surface area contributed by atoms with Crippen LogP contribution in [0.25, 0.3) is 0 Å². The van der Waals surface area contributed by atoms with Crippen molar-refractivity contribution in [3.63, 3.8) is 0 Å². The Bertz CT molecular complexity index is 145. The van der Waals surface area contributed by atoms with Crippen molar-refractivity contribution in [2.45, 2.75) is 6.92 Å². The van der Waals surface area contributed by atoms with Gasteiger partial charge in [-0.15, -0.1) is 6.58 Å². The summed E-state index contributed by atoms with van der Waals surface area (Å²) in [7, 11) is 0. The van der Waals surface area contributed by atoms with Crippen LogP contribution in [0.4, 0.5) is 0 Å². The molecule has 0 spiro atoms. The molecule has 0 aromatic heterocycles. The zero-order valence-electron chi connectivity index (χ0n) is 7.38. The maximum Gasteiger partial charge on any atom is 0.307 e. The summed E-state index contributed by atoms with van der Waals surface area (Å²) in [4.78, 5) is 9.75. The zero-order chi connectivity index (χ0) is 9.82. The van der Waals surface area contributed by atoms with Crippen molar-refractivity contribution >= 4 is 5.97 Å². The first-order chi connectivity index (χ1) is 5.68. The summed E-state index contributed by atoms with van der Waals surface area (Å²) in [6.45, 7) is 12.2. The van der Waals surface area contributed by atoms with Crippen molar-refractivity contribution < 1.29 is 9.53 Å². The molecule has 0 bridgehead atoms. The minimum atomic E-state index is -0.329. The summed E-state index contributed by atoms with van der Waals surface area (Å²) < 4.78 is 4.17. The Kier molecular flexibility index (Phi) is 13.3. The number of hydrogen-bond donors (Lipinski definition) is 1. The molecule has 0 atom stereocenters. The molecular weight excluding hydrogens is 154 g/mol. The predicted octanol–water partition coefficient (Wildman–Crippen LogP) is 1.60. The Morgan fingerprint density at radius 3 is 2.17 bits per heavy atom. The molecule has 0 radical (unpaired) electrons. The quantitative estimate of drug-likeness (QED) is 0.300. The molecule has 0 fully saturated rings. The van der Waals surface area contributed by atoms with E-state index in [9.17, 15) is 4.79 Å². The fraction of sp³-hybridized carbons (Fsp3) is 0.222. The molecular formula is C9H15NO2. The summed E-state index contributed by atoms with van der Waals surface area (Å²) >= 11 is 0. The van der Waals surface area contributed by atoms with E-state index in [0.29, 0.717) is 0 Å². The van der Waals surface area contributed by atoms with Gasteiger partial charge in [-0.1, -0.05) is 19.2 Å². The van der Waals surface area contributed by atoms with Crippen LogP contribution in [0.3, 0.4) is 0 Å². The van der Waals surface area contributed by atoms with E-state index >= 15 is 0 Å². The Labute approximate surface area is 73.4 Å². The second-order valence-electron chi connectivity index (χ2n) is 1.68. The number of rotatable bonds is 4. The van der Waals surface area contributed by atoms with Crippen LogP contribution in [-0.4, -0.2) is 12.5 Å². The van der Waals surface area contributed by atoms with Crippen LogP contribution in [0.1, 0.15) is 6.92 Å². The maximum absolute atomic E-state index is 9.75. The summed E-state index contributed by atoms with van der Waals surface area (Å²) in [5, 5.41) is 2.84. The van der Waals surface area contributed by atoms with E-state index in [4.69, 9.17) is 0 Å². The van der Waals surface area contributed by atoms with Crippen LogP contribution in [0, 0.1) is 0 Å². The van der Waals surface area contributed by atoms with Crippen molar-refractivity contribution in [3.05, 3.63) is 38.3 Å². The van der Waals surface area contributed by atoms with Crippen LogP contribution < -0.4 is 5.32 Å². The Morgan fingerprint density at radius 1 is 1.50 bits per heavy atom. The monoisotopic (exact) mass is 169 g/mol. The van der Waals surface area contributed by atoms with Crippen LogP contribution in [-0.2, 0) is 9.53 Å². The van der Waals surface area contributed by atoms with E-state index in [1.807, 2.05) is 0 Å². The Morgan fingerprint density at radius 2 is 2.08 bits per heavy atom. The molecule has 0 aliphatic heterocycles. The number of carbonyl (C=O) groups excluding carboxylic acids is 1. The van der Waals surface area contributed by atoms with Gasteiger partial charge in [0.2, 0.25) is 0 Å². The minimum Gasteiger partial charge on any atom is -0.435 e. The van der Waals surface area contributed by atoms with Crippen LogP contribution in [0.15, 0.2) is 38.3 Å². The standard InChI is InChI=1S/C5H9N.C4H6O2/c1-3-5-6-4-2;1-3-6-4(2)5/h3-4,6H,1-2,5H2;3H,1H2,2H3. The fourth-order valence-corrected chi connectivity index (χ4v) is 0.284. The van der Waals surface area contributed by atoms with E-state index in [1.54, 1.807) is 12.3 Å². The van der Waals surface area contributed by atoms with Crippen molar-refractivity contribution in [1.82, 2.24) is 5.32 Å². The van der Waals surface area contributed by atoms with Gasteiger partial charge in [0.1, 0.15) is 0 Å². The SMILES string of the molecule is C=CCNC=C.C=COC(C)=O. The van der Waals surface area contributed by atoms with Gasteiger partial charge >= 0.3 is 5.97 Å². The highest BCUT2D eigenvalue weighted by Gasteiger charge is 1.79. The number of esters is 1. The van der Waals surface area contributed by atoms with E-state index in [0.717, 1.165) is 12.8 Å². The minimum absolute atomic E-state index is 0.329. The van der Waals surface area contributed by atoms with Crippen molar-refractivity contribution in [2.75, 3.05) is 6.54 Å². The third-order valence-electron chi connectivity index (χ3n) is 0.656. The first kappa shape index (κ1) is 13.1. The average Bonchev–Trinajstić information content (AvgIpc) is 2.02. The van der Waals surface area contributed by atoms with Crippen LogP contribution in [0.5, 0.6) is 0 Å². The molecule has 0 amide bonds. The van der Waals surface area contributed by atoms with Gasteiger partial charge in [0.25, 0.3) is 0 Å². The lowest BCUT2D eigenvalue weighted by atomic mass is 10.6. The van der Waals surface area contributed by atoms with Gasteiger partial charge in [0.05, 0.1) is 6.26 Å². The molecule has 0 rings (SSSR count). The third-order valence-corrected chi connectivity index (χ3v) is 0.656. The van der Waals surface area contributed by atoms with Crippen molar-refractivity contribution in [2.24, 2.45) is 0 Å². The van der Waals surface area contributed by atoms with E-state index < -0.39 is 0 Å². The van der Waals surface area contributed by atoms with Gasteiger partial charge in [-0.2, -0.15) is 0 Å². The fourth-order valence-electron chi connectivity index (χ4n) is 0.284. The number of ether oxygens (including phenoxy) is 1. The first-order valence-electron chi connectivity index (χ1n) is 3.42. The predicted molar refractivity (Wildman–Crippen MR) is 50.4 cm³/mol. The van der Waals surface area contributed by atoms with Gasteiger partial charge < -0.3 is 10.1 Å². The zero-order valence-corrected chi connectivity index (χ0v) is 7.38. The lowest BCUT2D eigenvalue weighted by Crippen LogP contribution is -2.01. The number of nitrogens with one attached hydrogen (secondary N) is 1. The highest BCUT2D eigenvalue weighted by atomic mass is 16.5. The summed E-state index contributed by atoms with van der Waals surface area (Å²) in [5.74, 6) is -0.329. The molecule has 0 unspecified atom stereocenters. The number of hydrogen-bond acceptors (Lipinski definition) is 3. The molecule has 0 saturated carbocycles. The lowest BCUT2D eigenvalue weighted by Gasteiger charge is -1.85. The van der Waals surface area contributed by atoms with Crippen molar-refractivity contribution in [1.29, 1.82) is 0 Å². The Balaban J connectivity index is 0. The number of carbonyl (C=O) groups is 1. The molecule has 0 heterocycles. The van der Waals surface area contributed by atoms with Crippen LogP contribution >= 0.6 is 0 Å².